The minimum Gasteiger partial charge on any atom is -0.481 e. The third-order valence-electron chi connectivity index (χ3n) is 4.58. The molecule has 1 amide bonds. The van der Waals surface area contributed by atoms with E-state index in [1.165, 1.54) is 5.56 Å². The number of ether oxygens (including phenoxy) is 1. The molecule has 22 heavy (non-hydrogen) atoms. The number of hydrogen-bond acceptors (Lipinski definition) is 3. The molecule has 1 N–H and O–H groups in total. The van der Waals surface area contributed by atoms with E-state index < -0.39 is 11.9 Å². The minimum absolute atomic E-state index is 0.00680. The molecule has 5 heteroatoms. The van der Waals surface area contributed by atoms with Crippen LogP contribution >= 0.6 is 0 Å². The monoisotopic (exact) mass is 303 g/mol. The topological polar surface area (TPSA) is 66.8 Å². The van der Waals surface area contributed by atoms with Gasteiger partial charge in [-0.15, -0.1) is 0 Å². The zero-order valence-corrected chi connectivity index (χ0v) is 12.5. The number of carboxylic acid groups (broad SMARTS) is 1. The Hall–Kier alpha value is -1.88. The van der Waals surface area contributed by atoms with Crippen LogP contribution in [0.15, 0.2) is 24.3 Å². The average molecular weight is 303 g/mol. The number of carboxylic acids is 1. The molecule has 2 aliphatic rings. The van der Waals surface area contributed by atoms with Crippen LogP contribution in [0.3, 0.4) is 0 Å². The van der Waals surface area contributed by atoms with E-state index in [1.807, 2.05) is 18.2 Å². The summed E-state index contributed by atoms with van der Waals surface area (Å²) in [6, 6.07) is 8.07. The summed E-state index contributed by atoms with van der Waals surface area (Å²) >= 11 is 0. The molecule has 1 saturated heterocycles. The molecule has 0 aromatic heterocycles. The van der Waals surface area contributed by atoms with Gasteiger partial charge >= 0.3 is 5.97 Å². The van der Waals surface area contributed by atoms with E-state index in [4.69, 9.17) is 9.84 Å². The number of benzene rings is 1. The van der Waals surface area contributed by atoms with Gasteiger partial charge < -0.3 is 14.7 Å². The Labute approximate surface area is 129 Å². The summed E-state index contributed by atoms with van der Waals surface area (Å²) in [7, 11) is 0. The second-order valence-electron chi connectivity index (χ2n) is 6.03. The van der Waals surface area contributed by atoms with Crippen molar-refractivity contribution in [1.29, 1.82) is 0 Å². The fraction of sp³-hybridized carbons (Fsp3) is 0.529. The predicted molar refractivity (Wildman–Crippen MR) is 80.4 cm³/mol. The predicted octanol–water partition coefficient (Wildman–Crippen LogP) is 2.01. The number of carbonyl (C=O) groups excluding carboxylic acids is 1. The molecule has 2 heterocycles. The lowest BCUT2D eigenvalue weighted by Gasteiger charge is -2.33. The normalized spacial score (nSPS) is 24.6. The average Bonchev–Trinajstić information content (AvgIpc) is 2.55. The standard InChI is InChI=1S/C17H21NO4/c19-16(18-8-3-5-13(11-18)17(20)21)10-15-14-6-2-1-4-12(14)7-9-22-15/h1-2,4,6,13,15H,3,5,7-11H2,(H,20,21). The van der Waals surface area contributed by atoms with Crippen LogP contribution in [0.1, 0.15) is 36.5 Å². The van der Waals surface area contributed by atoms with Crippen LogP contribution in [0.25, 0.3) is 0 Å². The highest BCUT2D eigenvalue weighted by atomic mass is 16.5. The molecular weight excluding hydrogens is 282 g/mol. The van der Waals surface area contributed by atoms with Gasteiger partial charge in [-0.2, -0.15) is 0 Å². The van der Waals surface area contributed by atoms with Gasteiger partial charge in [0, 0.05) is 13.1 Å². The number of likely N-dealkylation sites (tertiary alicyclic amines) is 1. The van der Waals surface area contributed by atoms with Crippen molar-refractivity contribution in [2.24, 2.45) is 5.92 Å². The highest BCUT2D eigenvalue weighted by Crippen LogP contribution is 2.30. The lowest BCUT2D eigenvalue weighted by Crippen LogP contribution is -2.43. The molecular formula is C17H21NO4. The van der Waals surface area contributed by atoms with Crippen molar-refractivity contribution >= 4 is 11.9 Å². The molecule has 2 atom stereocenters. The summed E-state index contributed by atoms with van der Waals surface area (Å²) < 4.78 is 5.78. The van der Waals surface area contributed by atoms with Gasteiger partial charge in [-0.3, -0.25) is 9.59 Å². The summed E-state index contributed by atoms with van der Waals surface area (Å²) in [5.41, 5.74) is 2.34. The summed E-state index contributed by atoms with van der Waals surface area (Å²) in [6.07, 6.45) is 2.38. The molecule has 0 aliphatic carbocycles. The minimum atomic E-state index is -0.809. The highest BCUT2D eigenvalue weighted by Gasteiger charge is 2.30. The number of rotatable bonds is 3. The van der Waals surface area contributed by atoms with E-state index in [-0.39, 0.29) is 12.0 Å². The molecule has 2 aliphatic heterocycles. The number of nitrogens with zero attached hydrogens (tertiary/aromatic N) is 1. The maximum Gasteiger partial charge on any atom is 0.308 e. The van der Waals surface area contributed by atoms with E-state index in [2.05, 4.69) is 6.07 Å². The molecule has 0 spiro atoms. The van der Waals surface area contributed by atoms with E-state index in [0.29, 0.717) is 32.5 Å². The molecule has 118 valence electrons. The molecule has 0 saturated carbocycles. The van der Waals surface area contributed by atoms with Gasteiger partial charge in [0.1, 0.15) is 0 Å². The van der Waals surface area contributed by atoms with Crippen LogP contribution in [-0.2, 0) is 20.7 Å². The van der Waals surface area contributed by atoms with Gasteiger partial charge in [-0.1, -0.05) is 24.3 Å². The van der Waals surface area contributed by atoms with Crippen molar-refractivity contribution in [1.82, 2.24) is 4.90 Å². The summed E-state index contributed by atoms with van der Waals surface area (Å²) in [5.74, 6) is -1.25. The number of amides is 1. The number of piperidine rings is 1. The van der Waals surface area contributed by atoms with Crippen molar-refractivity contribution in [2.75, 3.05) is 19.7 Å². The van der Waals surface area contributed by atoms with Crippen LogP contribution in [0, 0.1) is 5.92 Å². The molecule has 2 unspecified atom stereocenters. The third-order valence-corrected chi connectivity index (χ3v) is 4.58. The largest absolute Gasteiger partial charge is 0.481 e. The number of hydrogen-bond donors (Lipinski definition) is 1. The van der Waals surface area contributed by atoms with Crippen LogP contribution in [0.5, 0.6) is 0 Å². The van der Waals surface area contributed by atoms with Crippen LogP contribution in [0.4, 0.5) is 0 Å². The van der Waals surface area contributed by atoms with Gasteiger partial charge in [-0.05, 0) is 30.4 Å². The van der Waals surface area contributed by atoms with Crippen molar-refractivity contribution in [2.45, 2.75) is 31.8 Å². The Bertz CT molecular complexity index is 572. The Balaban J connectivity index is 1.66. The van der Waals surface area contributed by atoms with Gasteiger partial charge in [0.15, 0.2) is 0 Å². The van der Waals surface area contributed by atoms with Crippen molar-refractivity contribution in [3.63, 3.8) is 0 Å². The van der Waals surface area contributed by atoms with E-state index in [1.54, 1.807) is 4.90 Å². The summed E-state index contributed by atoms with van der Waals surface area (Å²) in [6.45, 7) is 1.60. The SMILES string of the molecule is O=C(O)C1CCCN(C(=O)CC2OCCc3ccccc32)C1. The first-order valence-electron chi connectivity index (χ1n) is 7.85. The van der Waals surface area contributed by atoms with E-state index in [0.717, 1.165) is 18.4 Å². The van der Waals surface area contributed by atoms with Crippen molar-refractivity contribution < 1.29 is 19.4 Å². The number of carbonyl (C=O) groups is 2. The molecule has 1 aromatic rings. The Morgan fingerprint density at radius 1 is 1.32 bits per heavy atom. The smallest absolute Gasteiger partial charge is 0.308 e. The van der Waals surface area contributed by atoms with Gasteiger partial charge in [0.25, 0.3) is 0 Å². The second-order valence-corrected chi connectivity index (χ2v) is 6.03. The molecule has 0 radical (unpaired) electrons. The Morgan fingerprint density at radius 2 is 2.14 bits per heavy atom. The molecule has 1 aromatic carbocycles. The fourth-order valence-corrected chi connectivity index (χ4v) is 3.34. The van der Waals surface area contributed by atoms with Crippen molar-refractivity contribution in [3.8, 4) is 0 Å². The van der Waals surface area contributed by atoms with E-state index >= 15 is 0 Å². The second kappa shape index (κ2) is 6.48. The van der Waals surface area contributed by atoms with Gasteiger partial charge in [0.2, 0.25) is 5.91 Å². The van der Waals surface area contributed by atoms with Crippen LogP contribution < -0.4 is 0 Å². The summed E-state index contributed by atoms with van der Waals surface area (Å²) in [5, 5.41) is 9.13. The molecule has 0 bridgehead atoms. The first kappa shape index (κ1) is 15.0. The third kappa shape index (κ3) is 3.14. The quantitative estimate of drug-likeness (QED) is 0.927. The van der Waals surface area contributed by atoms with Crippen LogP contribution in [-0.4, -0.2) is 41.6 Å². The van der Waals surface area contributed by atoms with E-state index in [9.17, 15) is 9.59 Å². The first-order valence-corrected chi connectivity index (χ1v) is 7.85. The number of aliphatic carboxylic acids is 1. The summed E-state index contributed by atoms with van der Waals surface area (Å²) in [4.78, 5) is 25.3. The van der Waals surface area contributed by atoms with Gasteiger partial charge in [-0.25, -0.2) is 0 Å². The number of fused-ring (bicyclic) bond motifs is 1. The zero-order valence-electron chi connectivity index (χ0n) is 12.5. The van der Waals surface area contributed by atoms with Gasteiger partial charge in [0.05, 0.1) is 25.0 Å². The lowest BCUT2D eigenvalue weighted by atomic mass is 9.94. The molecule has 3 rings (SSSR count). The maximum atomic E-state index is 12.5. The Kier molecular flexibility index (Phi) is 4.43. The lowest BCUT2D eigenvalue weighted by molar-refractivity contribution is -0.146. The molecule has 5 nitrogen and oxygen atoms in total. The molecule has 1 fully saturated rings. The van der Waals surface area contributed by atoms with Crippen LogP contribution in [0.2, 0.25) is 0 Å². The Morgan fingerprint density at radius 3 is 2.95 bits per heavy atom. The fourth-order valence-electron chi connectivity index (χ4n) is 3.34. The first-order chi connectivity index (χ1) is 10.6. The zero-order chi connectivity index (χ0) is 15.5. The maximum absolute atomic E-state index is 12.5. The highest BCUT2D eigenvalue weighted by molar-refractivity contribution is 5.78. The van der Waals surface area contributed by atoms with Crippen molar-refractivity contribution in [3.05, 3.63) is 35.4 Å².